The predicted octanol–water partition coefficient (Wildman–Crippen LogP) is 3.30. The Labute approximate surface area is 129 Å². The van der Waals surface area contributed by atoms with Crippen LogP contribution in [0.1, 0.15) is 55.1 Å². The zero-order chi connectivity index (χ0) is 15.3. The highest BCUT2D eigenvalue weighted by atomic mass is 32.1. The normalized spacial score (nSPS) is 25.0. The molecule has 1 aromatic heterocycles. The second-order valence-electron chi connectivity index (χ2n) is 5.84. The second kappa shape index (κ2) is 6.86. The monoisotopic (exact) mass is 304 g/mol. The van der Waals surface area contributed by atoms with Gasteiger partial charge in [0, 0.05) is 12.8 Å². The number of nitrogens with zero attached hydrogens (tertiary/aromatic N) is 1. The molecular weight excluding hydrogens is 284 g/mol. The summed E-state index contributed by atoms with van der Waals surface area (Å²) in [5.74, 6) is 0.241. The third-order valence-corrected chi connectivity index (χ3v) is 4.88. The van der Waals surface area contributed by atoms with Crippen molar-refractivity contribution in [1.29, 1.82) is 5.26 Å². The highest BCUT2D eigenvalue weighted by Crippen LogP contribution is 2.31. The Morgan fingerprint density at radius 1 is 1.52 bits per heavy atom. The first-order valence-corrected chi connectivity index (χ1v) is 8.21. The van der Waals surface area contributed by atoms with Crippen LogP contribution in [0.4, 0.5) is 0 Å². The summed E-state index contributed by atoms with van der Waals surface area (Å²) < 4.78 is 0. The van der Waals surface area contributed by atoms with E-state index >= 15 is 0 Å². The van der Waals surface area contributed by atoms with Crippen molar-refractivity contribution in [2.75, 3.05) is 0 Å². The van der Waals surface area contributed by atoms with Gasteiger partial charge in [0.05, 0.1) is 10.9 Å². The fraction of sp³-hybridized carbons (Fsp3) is 0.562. The largest absolute Gasteiger partial charge is 0.338 e. The lowest BCUT2D eigenvalue weighted by Crippen LogP contribution is -2.50. The molecule has 0 saturated heterocycles. The number of hydrogen-bond acceptors (Lipinski definition) is 4. The molecule has 1 N–H and O–H groups in total. The van der Waals surface area contributed by atoms with Crippen molar-refractivity contribution in [2.24, 2.45) is 5.92 Å². The number of ketones is 1. The van der Waals surface area contributed by atoms with Gasteiger partial charge < -0.3 is 5.32 Å². The lowest BCUT2D eigenvalue weighted by Gasteiger charge is -2.35. The van der Waals surface area contributed by atoms with Gasteiger partial charge >= 0.3 is 0 Å². The molecule has 1 aliphatic rings. The van der Waals surface area contributed by atoms with E-state index in [0.29, 0.717) is 23.6 Å². The summed E-state index contributed by atoms with van der Waals surface area (Å²) >= 11 is 1.39. The van der Waals surface area contributed by atoms with Crippen LogP contribution in [-0.4, -0.2) is 17.2 Å². The summed E-state index contributed by atoms with van der Waals surface area (Å²) in [7, 11) is 0. The van der Waals surface area contributed by atoms with Crippen LogP contribution in [0.15, 0.2) is 17.5 Å². The van der Waals surface area contributed by atoms with Crippen LogP contribution in [-0.2, 0) is 4.79 Å². The van der Waals surface area contributed by atoms with E-state index < -0.39 is 5.54 Å². The first-order valence-electron chi connectivity index (χ1n) is 7.34. The first kappa shape index (κ1) is 15.7. The van der Waals surface area contributed by atoms with E-state index in [9.17, 15) is 14.9 Å². The minimum atomic E-state index is -0.735. The molecule has 4 nitrogen and oxygen atoms in total. The number of amides is 1. The molecule has 21 heavy (non-hydrogen) atoms. The molecule has 1 aromatic rings. The summed E-state index contributed by atoms with van der Waals surface area (Å²) in [6, 6.07) is 5.87. The summed E-state index contributed by atoms with van der Waals surface area (Å²) in [6.07, 6.45) is 3.82. The number of carbonyl (C=O) groups excluding carboxylic acids is 2. The van der Waals surface area contributed by atoms with Crippen molar-refractivity contribution >= 4 is 23.0 Å². The maximum absolute atomic E-state index is 12.0. The molecule has 1 aliphatic carbocycles. The van der Waals surface area contributed by atoms with Crippen LogP contribution in [0, 0.1) is 17.2 Å². The minimum absolute atomic E-state index is 0.0110. The van der Waals surface area contributed by atoms with Crippen LogP contribution in [0.5, 0.6) is 0 Å². The Morgan fingerprint density at radius 2 is 2.33 bits per heavy atom. The molecular formula is C16H20N2O2S. The molecule has 1 amide bonds. The van der Waals surface area contributed by atoms with Gasteiger partial charge in [-0.3, -0.25) is 9.59 Å². The second-order valence-corrected chi connectivity index (χ2v) is 6.79. The molecule has 0 bridgehead atoms. The molecule has 0 radical (unpaired) electrons. The molecule has 1 saturated carbocycles. The third kappa shape index (κ3) is 4.15. The smallest absolute Gasteiger partial charge is 0.221 e. The van der Waals surface area contributed by atoms with Gasteiger partial charge in [-0.1, -0.05) is 19.4 Å². The number of thiophene rings is 1. The zero-order valence-corrected chi connectivity index (χ0v) is 13.0. The van der Waals surface area contributed by atoms with Crippen molar-refractivity contribution in [3.05, 3.63) is 22.4 Å². The van der Waals surface area contributed by atoms with E-state index in [2.05, 4.69) is 18.3 Å². The molecule has 0 unspecified atom stereocenters. The molecule has 0 aromatic carbocycles. The SMILES string of the molecule is C[C@H]1CCC[C@](C#N)(NC(=O)CCC(=O)c2cccs2)C1. The van der Waals surface area contributed by atoms with Crippen molar-refractivity contribution in [3.8, 4) is 6.07 Å². The van der Waals surface area contributed by atoms with Crippen molar-refractivity contribution < 1.29 is 9.59 Å². The van der Waals surface area contributed by atoms with Crippen LogP contribution < -0.4 is 5.32 Å². The molecule has 5 heteroatoms. The molecule has 0 aliphatic heterocycles. The maximum atomic E-state index is 12.0. The summed E-state index contributed by atoms with van der Waals surface area (Å²) in [5.41, 5.74) is -0.735. The van der Waals surface area contributed by atoms with Crippen molar-refractivity contribution in [2.45, 2.75) is 51.0 Å². The predicted molar refractivity (Wildman–Crippen MR) is 82.0 cm³/mol. The molecule has 112 valence electrons. The van der Waals surface area contributed by atoms with Gasteiger partial charge in [-0.05, 0) is 36.6 Å². The summed E-state index contributed by atoms with van der Waals surface area (Å²) in [4.78, 5) is 24.6. The van der Waals surface area contributed by atoms with Gasteiger partial charge in [0.1, 0.15) is 5.54 Å². The van der Waals surface area contributed by atoms with E-state index in [-0.39, 0.29) is 24.5 Å². The molecule has 2 atom stereocenters. The fourth-order valence-electron chi connectivity index (χ4n) is 2.91. The summed E-state index contributed by atoms with van der Waals surface area (Å²) in [5, 5.41) is 14.1. The highest BCUT2D eigenvalue weighted by Gasteiger charge is 2.36. The van der Waals surface area contributed by atoms with E-state index in [4.69, 9.17) is 0 Å². The van der Waals surface area contributed by atoms with E-state index in [1.165, 1.54) is 11.3 Å². The Kier molecular flexibility index (Phi) is 5.13. The number of carbonyl (C=O) groups is 2. The first-order chi connectivity index (χ1) is 10.0. The standard InChI is InChI=1S/C16H20N2O2S/c1-12-4-2-8-16(10-12,11-17)18-15(20)7-6-13(19)14-5-3-9-21-14/h3,5,9,12H,2,4,6-8,10H2,1H3,(H,18,20)/t12-,16-/m0/s1. The Balaban J connectivity index is 1.86. The topological polar surface area (TPSA) is 70.0 Å². The number of hydrogen-bond donors (Lipinski definition) is 1. The number of nitriles is 1. The van der Waals surface area contributed by atoms with Gasteiger partial charge in [-0.2, -0.15) is 5.26 Å². The molecule has 2 rings (SSSR count). The minimum Gasteiger partial charge on any atom is -0.338 e. The molecule has 1 fully saturated rings. The quantitative estimate of drug-likeness (QED) is 0.848. The van der Waals surface area contributed by atoms with Crippen LogP contribution in [0.25, 0.3) is 0 Å². The lowest BCUT2D eigenvalue weighted by atomic mass is 9.77. The molecule has 1 heterocycles. The Morgan fingerprint density at radius 3 is 2.95 bits per heavy atom. The zero-order valence-electron chi connectivity index (χ0n) is 12.2. The van der Waals surface area contributed by atoms with Crippen LogP contribution in [0.2, 0.25) is 0 Å². The molecule has 0 spiro atoms. The Hall–Kier alpha value is -1.67. The number of Topliss-reactive ketones (excluding diaryl/α,β-unsaturated/α-hetero) is 1. The van der Waals surface area contributed by atoms with Crippen LogP contribution >= 0.6 is 11.3 Å². The van der Waals surface area contributed by atoms with Gasteiger partial charge in [-0.25, -0.2) is 0 Å². The fourth-order valence-corrected chi connectivity index (χ4v) is 3.61. The average molecular weight is 304 g/mol. The number of rotatable bonds is 5. The van der Waals surface area contributed by atoms with Crippen molar-refractivity contribution in [1.82, 2.24) is 5.32 Å². The Bertz CT molecular complexity index is 547. The van der Waals surface area contributed by atoms with Crippen molar-refractivity contribution in [3.63, 3.8) is 0 Å². The lowest BCUT2D eigenvalue weighted by molar-refractivity contribution is -0.122. The van der Waals surface area contributed by atoms with E-state index in [1.54, 1.807) is 6.07 Å². The van der Waals surface area contributed by atoms with E-state index in [1.807, 2.05) is 11.4 Å². The number of nitrogens with one attached hydrogen (secondary N) is 1. The maximum Gasteiger partial charge on any atom is 0.221 e. The van der Waals surface area contributed by atoms with Gasteiger partial charge in [-0.15, -0.1) is 11.3 Å². The van der Waals surface area contributed by atoms with E-state index in [0.717, 1.165) is 12.8 Å². The van der Waals surface area contributed by atoms with Gasteiger partial charge in [0.25, 0.3) is 0 Å². The highest BCUT2D eigenvalue weighted by molar-refractivity contribution is 7.12. The van der Waals surface area contributed by atoms with Gasteiger partial charge in [0.2, 0.25) is 5.91 Å². The van der Waals surface area contributed by atoms with Crippen LogP contribution in [0.3, 0.4) is 0 Å². The summed E-state index contributed by atoms with van der Waals surface area (Å²) in [6.45, 7) is 2.11. The average Bonchev–Trinajstić information content (AvgIpc) is 2.99. The third-order valence-electron chi connectivity index (χ3n) is 3.97. The van der Waals surface area contributed by atoms with Gasteiger partial charge in [0.15, 0.2) is 5.78 Å².